The van der Waals surface area contributed by atoms with Gasteiger partial charge in [0.05, 0.1) is 25.2 Å². The molecule has 2 aromatic carbocycles. The molecule has 0 fully saturated rings. The first-order valence-electron chi connectivity index (χ1n) is 6.71. The molecule has 5 nitrogen and oxygen atoms in total. The second-order valence-electron chi connectivity index (χ2n) is 4.85. The molecule has 0 aliphatic rings. The van der Waals surface area contributed by atoms with Crippen LogP contribution in [0.4, 0.5) is 5.69 Å². The molecule has 3 aromatic rings. The van der Waals surface area contributed by atoms with Crippen LogP contribution in [0.15, 0.2) is 47.1 Å². The molecule has 0 aliphatic carbocycles. The summed E-state index contributed by atoms with van der Waals surface area (Å²) in [4.78, 5) is 12.2. The van der Waals surface area contributed by atoms with E-state index >= 15 is 0 Å². The molecule has 0 saturated heterocycles. The lowest BCUT2D eigenvalue weighted by Crippen LogP contribution is -2.14. The molecule has 112 valence electrons. The van der Waals surface area contributed by atoms with Gasteiger partial charge in [-0.2, -0.15) is 5.10 Å². The number of carbonyl (C=O) groups excluding carboxylic acids is 1. The summed E-state index contributed by atoms with van der Waals surface area (Å²) < 4.78 is 6.20. The van der Waals surface area contributed by atoms with Crippen LogP contribution < -0.4 is 10.1 Å². The average molecular weight is 360 g/mol. The molecule has 2 N–H and O–H groups in total. The van der Waals surface area contributed by atoms with Crippen molar-refractivity contribution >= 4 is 38.4 Å². The summed E-state index contributed by atoms with van der Waals surface area (Å²) >= 11 is 3.41. The van der Waals surface area contributed by atoms with E-state index in [-0.39, 0.29) is 12.3 Å². The first kappa shape index (κ1) is 14.6. The minimum absolute atomic E-state index is 0.0979. The van der Waals surface area contributed by atoms with E-state index in [1.807, 2.05) is 36.4 Å². The van der Waals surface area contributed by atoms with E-state index in [0.717, 1.165) is 26.6 Å². The molecule has 0 unspecified atom stereocenters. The average Bonchev–Trinajstić information content (AvgIpc) is 2.95. The lowest BCUT2D eigenvalue weighted by atomic mass is 10.1. The third-order valence-electron chi connectivity index (χ3n) is 3.32. The van der Waals surface area contributed by atoms with Gasteiger partial charge in [0.15, 0.2) is 0 Å². The largest absolute Gasteiger partial charge is 0.496 e. The number of ether oxygens (including phenoxy) is 1. The highest BCUT2D eigenvalue weighted by Crippen LogP contribution is 2.24. The number of hydrogen-bond donors (Lipinski definition) is 2. The fourth-order valence-electron chi connectivity index (χ4n) is 2.28. The number of aromatic nitrogens is 2. The number of methoxy groups -OCH3 is 1. The van der Waals surface area contributed by atoms with Crippen molar-refractivity contribution in [2.45, 2.75) is 6.42 Å². The quantitative estimate of drug-likeness (QED) is 0.748. The predicted octanol–water partition coefficient (Wildman–Crippen LogP) is 3.52. The number of anilines is 1. The summed E-state index contributed by atoms with van der Waals surface area (Å²) in [6.45, 7) is 0. The van der Waals surface area contributed by atoms with Gasteiger partial charge in [0.1, 0.15) is 5.75 Å². The zero-order valence-electron chi connectivity index (χ0n) is 11.9. The fourth-order valence-corrected chi connectivity index (χ4v) is 2.69. The Balaban J connectivity index is 1.76. The zero-order chi connectivity index (χ0) is 15.5. The molecule has 0 spiro atoms. The Morgan fingerprint density at radius 2 is 2.18 bits per heavy atom. The molecule has 0 atom stereocenters. The standard InChI is InChI=1S/C16H14BrN3O2/c1-22-15-5-2-12(17)6-10(15)8-16(21)19-13-3-4-14-11(7-13)9-18-20-14/h2-7,9H,8H2,1H3,(H,18,20)(H,19,21). The van der Waals surface area contributed by atoms with Crippen LogP contribution in [-0.2, 0) is 11.2 Å². The summed E-state index contributed by atoms with van der Waals surface area (Å²) in [5, 5.41) is 10.7. The summed E-state index contributed by atoms with van der Waals surface area (Å²) in [6.07, 6.45) is 1.97. The number of halogens is 1. The first-order valence-corrected chi connectivity index (χ1v) is 7.50. The maximum atomic E-state index is 12.2. The second kappa shape index (κ2) is 6.19. The summed E-state index contributed by atoms with van der Waals surface area (Å²) in [5.74, 6) is 0.600. The van der Waals surface area contributed by atoms with E-state index in [0.29, 0.717) is 5.75 Å². The Hall–Kier alpha value is -2.34. The molecule has 1 heterocycles. The van der Waals surface area contributed by atoms with Gasteiger partial charge in [0.25, 0.3) is 0 Å². The van der Waals surface area contributed by atoms with Crippen LogP contribution in [0, 0.1) is 0 Å². The summed E-state index contributed by atoms with van der Waals surface area (Å²) in [5.41, 5.74) is 2.51. The molecular weight excluding hydrogens is 346 g/mol. The lowest BCUT2D eigenvalue weighted by molar-refractivity contribution is -0.115. The normalized spacial score (nSPS) is 10.6. The maximum Gasteiger partial charge on any atom is 0.228 e. The van der Waals surface area contributed by atoms with E-state index in [9.17, 15) is 4.79 Å². The monoisotopic (exact) mass is 359 g/mol. The number of fused-ring (bicyclic) bond motifs is 1. The highest BCUT2D eigenvalue weighted by Gasteiger charge is 2.10. The van der Waals surface area contributed by atoms with Crippen molar-refractivity contribution in [1.29, 1.82) is 0 Å². The Kier molecular flexibility index (Phi) is 4.11. The summed E-state index contributed by atoms with van der Waals surface area (Å²) in [6, 6.07) is 11.2. The van der Waals surface area contributed by atoms with Crippen LogP contribution in [0.3, 0.4) is 0 Å². The number of rotatable bonds is 4. The van der Waals surface area contributed by atoms with Gasteiger partial charge >= 0.3 is 0 Å². The van der Waals surface area contributed by atoms with Crippen LogP contribution in [0.5, 0.6) is 5.75 Å². The molecule has 1 aromatic heterocycles. The fraction of sp³-hybridized carbons (Fsp3) is 0.125. The number of hydrogen-bond acceptors (Lipinski definition) is 3. The highest BCUT2D eigenvalue weighted by molar-refractivity contribution is 9.10. The highest BCUT2D eigenvalue weighted by atomic mass is 79.9. The Morgan fingerprint density at radius 3 is 3.00 bits per heavy atom. The minimum Gasteiger partial charge on any atom is -0.496 e. The van der Waals surface area contributed by atoms with Gasteiger partial charge < -0.3 is 10.1 Å². The second-order valence-corrected chi connectivity index (χ2v) is 5.77. The van der Waals surface area contributed by atoms with Crippen LogP contribution in [0.25, 0.3) is 10.9 Å². The van der Waals surface area contributed by atoms with Gasteiger partial charge in [-0.05, 0) is 36.4 Å². The van der Waals surface area contributed by atoms with Gasteiger partial charge in [-0.15, -0.1) is 0 Å². The van der Waals surface area contributed by atoms with E-state index in [4.69, 9.17) is 4.74 Å². The Morgan fingerprint density at radius 1 is 1.32 bits per heavy atom. The van der Waals surface area contributed by atoms with Crippen molar-refractivity contribution in [2.75, 3.05) is 12.4 Å². The number of carbonyl (C=O) groups is 1. The molecule has 0 bridgehead atoms. The number of amides is 1. The molecule has 0 aliphatic heterocycles. The van der Waals surface area contributed by atoms with Crippen LogP contribution in [0.2, 0.25) is 0 Å². The number of nitrogens with one attached hydrogen (secondary N) is 2. The molecule has 0 radical (unpaired) electrons. The van der Waals surface area contributed by atoms with Crippen LogP contribution >= 0.6 is 15.9 Å². The molecule has 1 amide bonds. The Bertz CT molecular complexity index is 829. The smallest absolute Gasteiger partial charge is 0.228 e. The molecule has 22 heavy (non-hydrogen) atoms. The predicted molar refractivity (Wildman–Crippen MR) is 89.1 cm³/mol. The number of benzene rings is 2. The van der Waals surface area contributed by atoms with Gasteiger partial charge in [-0.3, -0.25) is 9.89 Å². The number of aromatic amines is 1. The third-order valence-corrected chi connectivity index (χ3v) is 3.81. The van der Waals surface area contributed by atoms with Crippen molar-refractivity contribution in [3.8, 4) is 5.75 Å². The van der Waals surface area contributed by atoms with Gasteiger partial charge in [-0.1, -0.05) is 15.9 Å². The Labute approximate surface area is 135 Å². The zero-order valence-corrected chi connectivity index (χ0v) is 13.5. The van der Waals surface area contributed by atoms with Crippen LogP contribution in [-0.4, -0.2) is 23.2 Å². The van der Waals surface area contributed by atoms with Crippen molar-refractivity contribution < 1.29 is 9.53 Å². The van der Waals surface area contributed by atoms with Crippen molar-refractivity contribution in [1.82, 2.24) is 10.2 Å². The molecule has 0 saturated carbocycles. The van der Waals surface area contributed by atoms with Crippen molar-refractivity contribution in [3.05, 3.63) is 52.6 Å². The van der Waals surface area contributed by atoms with E-state index in [1.165, 1.54) is 0 Å². The van der Waals surface area contributed by atoms with Crippen molar-refractivity contribution in [3.63, 3.8) is 0 Å². The van der Waals surface area contributed by atoms with Gasteiger partial charge in [0, 0.05) is 21.1 Å². The number of H-pyrrole nitrogens is 1. The summed E-state index contributed by atoms with van der Waals surface area (Å²) in [7, 11) is 1.59. The topological polar surface area (TPSA) is 67.0 Å². The van der Waals surface area contributed by atoms with E-state index in [2.05, 4.69) is 31.4 Å². The van der Waals surface area contributed by atoms with Gasteiger partial charge in [-0.25, -0.2) is 0 Å². The number of nitrogens with zero attached hydrogens (tertiary/aromatic N) is 1. The SMILES string of the molecule is COc1ccc(Br)cc1CC(=O)Nc1ccc2[nH]ncc2c1. The first-order chi connectivity index (χ1) is 10.7. The lowest BCUT2D eigenvalue weighted by Gasteiger charge is -2.10. The van der Waals surface area contributed by atoms with Gasteiger partial charge in [0.2, 0.25) is 5.91 Å². The minimum atomic E-state index is -0.0979. The molecular formula is C16H14BrN3O2. The van der Waals surface area contributed by atoms with E-state index in [1.54, 1.807) is 13.3 Å². The molecule has 6 heteroatoms. The maximum absolute atomic E-state index is 12.2. The third kappa shape index (κ3) is 3.12. The van der Waals surface area contributed by atoms with Crippen molar-refractivity contribution in [2.24, 2.45) is 0 Å². The van der Waals surface area contributed by atoms with Crippen LogP contribution in [0.1, 0.15) is 5.56 Å². The molecule has 3 rings (SSSR count). The van der Waals surface area contributed by atoms with E-state index < -0.39 is 0 Å².